The molecule has 0 radical (unpaired) electrons. The highest BCUT2D eigenvalue weighted by Crippen LogP contribution is 2.34. The van der Waals surface area contributed by atoms with E-state index in [1.807, 2.05) is 13.0 Å². The van der Waals surface area contributed by atoms with Crippen molar-refractivity contribution in [3.63, 3.8) is 0 Å². The minimum Gasteiger partial charge on any atom is -0.506 e. The molecule has 0 saturated carbocycles. The Kier molecular flexibility index (Phi) is 4.68. The summed E-state index contributed by atoms with van der Waals surface area (Å²) in [5.74, 6) is 0.899. The van der Waals surface area contributed by atoms with Crippen LogP contribution < -0.4 is 5.73 Å². The number of amidine groups is 1. The van der Waals surface area contributed by atoms with Crippen LogP contribution >= 0.6 is 11.6 Å². The van der Waals surface area contributed by atoms with Gasteiger partial charge in [-0.2, -0.15) is 0 Å². The van der Waals surface area contributed by atoms with Gasteiger partial charge < -0.3 is 15.3 Å². The van der Waals surface area contributed by atoms with Crippen molar-refractivity contribution in [3.8, 4) is 5.75 Å². The number of nitrogens with two attached hydrogens (primary N) is 1. The first-order valence-electron chi connectivity index (χ1n) is 6.49. The third-order valence-electron chi connectivity index (χ3n) is 2.97. The molecule has 1 aromatic heterocycles. The minimum atomic E-state index is -0.0111. The molecule has 1 heterocycles. The number of phenolic OH excluding ortho intramolecular Hbond substituents is 1. The second-order valence-corrected chi connectivity index (χ2v) is 5.11. The molecular weight excluding hydrogens is 302 g/mol. The number of aliphatic imine (C=N–C) groups is 2. The van der Waals surface area contributed by atoms with E-state index in [0.29, 0.717) is 28.6 Å². The van der Waals surface area contributed by atoms with Crippen LogP contribution in [0.3, 0.4) is 0 Å². The summed E-state index contributed by atoms with van der Waals surface area (Å²) in [5.41, 5.74) is 8.18. The third kappa shape index (κ3) is 3.20. The fourth-order valence-electron chi connectivity index (χ4n) is 1.96. The molecule has 3 N–H and O–H groups in total. The summed E-state index contributed by atoms with van der Waals surface area (Å²) in [6.07, 6.45) is 1.57. The molecule has 6 heteroatoms. The summed E-state index contributed by atoms with van der Waals surface area (Å²) in [6, 6.07) is 6.56. The lowest BCUT2D eigenvalue weighted by Crippen LogP contribution is -2.06. The van der Waals surface area contributed by atoms with Gasteiger partial charge in [0, 0.05) is 5.56 Å². The Morgan fingerprint density at radius 3 is 2.55 bits per heavy atom. The van der Waals surface area contributed by atoms with E-state index < -0.39 is 0 Å². The number of aryl methyl sites for hydroxylation is 1. The highest BCUT2D eigenvalue weighted by molar-refractivity contribution is 6.32. The zero-order chi connectivity index (χ0) is 16.3. The average Bonchev–Trinajstić information content (AvgIpc) is 2.88. The lowest BCUT2D eigenvalue weighted by molar-refractivity contribution is 0.475. The lowest BCUT2D eigenvalue weighted by atomic mass is 10.1. The molecule has 1 aromatic carbocycles. The largest absolute Gasteiger partial charge is 0.506 e. The molecule has 0 aliphatic heterocycles. The van der Waals surface area contributed by atoms with Gasteiger partial charge in [0.15, 0.2) is 5.76 Å². The van der Waals surface area contributed by atoms with Crippen LogP contribution in [0.2, 0.25) is 5.02 Å². The normalized spacial score (nSPS) is 13.0. The van der Waals surface area contributed by atoms with Gasteiger partial charge in [-0.3, -0.25) is 4.99 Å². The SMILES string of the molecule is C=N/C(=C(\N=C(C)N)c1occc1C)c1ccc(O)c(Cl)c1. The van der Waals surface area contributed by atoms with Crippen LogP contribution in [0.5, 0.6) is 5.75 Å². The number of aromatic hydroxyl groups is 1. The Labute approximate surface area is 133 Å². The van der Waals surface area contributed by atoms with Gasteiger partial charge in [0.05, 0.1) is 22.8 Å². The standard InChI is InChI=1S/C16H16ClN3O2/c1-9-6-7-22-16(9)15(20-10(2)18)14(19-3)11-4-5-13(21)12(17)8-11/h4-8,21H,3H2,1-2H3,(H2,18,20)/b15-14-. The Balaban J connectivity index is 2.74. The van der Waals surface area contributed by atoms with E-state index in [2.05, 4.69) is 16.7 Å². The molecule has 0 atom stereocenters. The zero-order valence-electron chi connectivity index (χ0n) is 12.3. The van der Waals surface area contributed by atoms with Crippen molar-refractivity contribution in [1.82, 2.24) is 0 Å². The Bertz CT molecular complexity index is 771. The van der Waals surface area contributed by atoms with Gasteiger partial charge >= 0.3 is 0 Å². The number of benzene rings is 1. The number of hydrogen-bond acceptors (Lipinski definition) is 4. The van der Waals surface area contributed by atoms with Crippen molar-refractivity contribution in [2.75, 3.05) is 0 Å². The quantitative estimate of drug-likeness (QED) is 0.663. The maximum Gasteiger partial charge on any atom is 0.157 e. The molecule has 0 fully saturated rings. The van der Waals surface area contributed by atoms with Gasteiger partial charge in [0.25, 0.3) is 0 Å². The minimum absolute atomic E-state index is 0.0111. The van der Waals surface area contributed by atoms with Crippen LogP contribution in [0.25, 0.3) is 11.4 Å². The van der Waals surface area contributed by atoms with E-state index in [0.717, 1.165) is 5.56 Å². The summed E-state index contributed by atoms with van der Waals surface area (Å²) in [5, 5.41) is 9.76. The monoisotopic (exact) mass is 317 g/mol. The Hall–Kier alpha value is -2.53. The van der Waals surface area contributed by atoms with Gasteiger partial charge in [0.1, 0.15) is 11.4 Å². The van der Waals surface area contributed by atoms with E-state index in [1.165, 1.54) is 6.07 Å². The van der Waals surface area contributed by atoms with Gasteiger partial charge in [-0.25, -0.2) is 4.99 Å². The highest BCUT2D eigenvalue weighted by Gasteiger charge is 2.16. The first-order valence-corrected chi connectivity index (χ1v) is 6.87. The molecule has 0 aliphatic rings. The molecule has 0 aliphatic carbocycles. The molecule has 2 aromatic rings. The smallest absolute Gasteiger partial charge is 0.157 e. The average molecular weight is 318 g/mol. The summed E-state index contributed by atoms with van der Waals surface area (Å²) >= 11 is 5.96. The fraction of sp³-hybridized carbons (Fsp3) is 0.125. The number of nitrogens with zero attached hydrogens (tertiary/aromatic N) is 2. The first kappa shape index (κ1) is 15.9. The van der Waals surface area contributed by atoms with Crippen molar-refractivity contribution < 1.29 is 9.52 Å². The Morgan fingerprint density at radius 2 is 2.05 bits per heavy atom. The van der Waals surface area contributed by atoms with Gasteiger partial charge in [-0.15, -0.1) is 0 Å². The summed E-state index contributed by atoms with van der Waals surface area (Å²) in [7, 11) is 0. The first-order chi connectivity index (χ1) is 10.4. The van der Waals surface area contributed by atoms with Crippen molar-refractivity contribution >= 4 is 35.5 Å². The number of phenols is 1. The van der Waals surface area contributed by atoms with Gasteiger partial charge in [0.2, 0.25) is 0 Å². The van der Waals surface area contributed by atoms with E-state index in [9.17, 15) is 5.11 Å². The third-order valence-corrected chi connectivity index (χ3v) is 3.27. The van der Waals surface area contributed by atoms with Crippen LogP contribution in [-0.4, -0.2) is 17.7 Å². The van der Waals surface area contributed by atoms with Crippen molar-refractivity contribution in [2.24, 2.45) is 15.7 Å². The second kappa shape index (κ2) is 6.49. The van der Waals surface area contributed by atoms with Crippen molar-refractivity contribution in [1.29, 1.82) is 0 Å². The summed E-state index contributed by atoms with van der Waals surface area (Å²) in [6.45, 7) is 7.16. The van der Waals surface area contributed by atoms with Crippen LogP contribution in [0.15, 0.2) is 44.9 Å². The summed E-state index contributed by atoms with van der Waals surface area (Å²) in [4.78, 5) is 8.37. The van der Waals surface area contributed by atoms with E-state index >= 15 is 0 Å². The van der Waals surface area contributed by atoms with Gasteiger partial charge in [-0.1, -0.05) is 11.6 Å². The van der Waals surface area contributed by atoms with Crippen molar-refractivity contribution in [2.45, 2.75) is 13.8 Å². The van der Waals surface area contributed by atoms with Crippen LogP contribution in [-0.2, 0) is 0 Å². The number of rotatable bonds is 4. The van der Waals surface area contributed by atoms with Crippen molar-refractivity contribution in [3.05, 3.63) is 52.4 Å². The maximum atomic E-state index is 9.55. The van der Waals surface area contributed by atoms with E-state index in [4.69, 9.17) is 21.8 Å². The van der Waals surface area contributed by atoms with Crippen LogP contribution in [0, 0.1) is 6.92 Å². The number of furan rings is 1. The lowest BCUT2D eigenvalue weighted by Gasteiger charge is -2.09. The molecule has 0 unspecified atom stereocenters. The Morgan fingerprint density at radius 1 is 1.32 bits per heavy atom. The summed E-state index contributed by atoms with van der Waals surface area (Å²) < 4.78 is 5.49. The number of halogens is 1. The maximum absolute atomic E-state index is 9.55. The van der Waals surface area contributed by atoms with E-state index in [1.54, 1.807) is 25.3 Å². The number of hydrogen-bond donors (Lipinski definition) is 2. The molecule has 0 saturated heterocycles. The molecule has 22 heavy (non-hydrogen) atoms. The van der Waals surface area contributed by atoms with Crippen LogP contribution in [0.1, 0.15) is 23.8 Å². The molecular formula is C16H16ClN3O2. The van der Waals surface area contributed by atoms with Crippen LogP contribution in [0.4, 0.5) is 0 Å². The molecule has 5 nitrogen and oxygen atoms in total. The highest BCUT2D eigenvalue weighted by atomic mass is 35.5. The molecule has 114 valence electrons. The molecule has 0 bridgehead atoms. The fourth-order valence-corrected chi connectivity index (χ4v) is 2.14. The topological polar surface area (TPSA) is 84.1 Å². The molecule has 0 spiro atoms. The molecule has 0 amide bonds. The predicted molar refractivity (Wildman–Crippen MR) is 90.2 cm³/mol. The molecule has 2 rings (SSSR count). The predicted octanol–water partition coefficient (Wildman–Crippen LogP) is 3.85. The second-order valence-electron chi connectivity index (χ2n) is 4.71. The zero-order valence-corrected chi connectivity index (χ0v) is 13.1. The van der Waals surface area contributed by atoms with Gasteiger partial charge in [-0.05, 0) is 50.4 Å². The van der Waals surface area contributed by atoms with E-state index in [-0.39, 0.29) is 10.8 Å².